The van der Waals surface area contributed by atoms with Crippen LogP contribution in [0.25, 0.3) is 5.78 Å². The summed E-state index contributed by atoms with van der Waals surface area (Å²) in [5.74, 6) is -0.658. The van der Waals surface area contributed by atoms with Crippen LogP contribution in [0.5, 0.6) is 0 Å². The first kappa shape index (κ1) is 17.3. The Labute approximate surface area is 144 Å². The van der Waals surface area contributed by atoms with Crippen LogP contribution < -0.4 is 0 Å². The summed E-state index contributed by atoms with van der Waals surface area (Å²) in [6.07, 6.45) is 2.21. The van der Waals surface area contributed by atoms with Crippen molar-refractivity contribution in [2.75, 3.05) is 13.7 Å². The van der Waals surface area contributed by atoms with Gasteiger partial charge in [-0.15, -0.1) is 0 Å². The van der Waals surface area contributed by atoms with Gasteiger partial charge in [-0.05, 0) is 25.8 Å². The van der Waals surface area contributed by atoms with Gasteiger partial charge in [-0.2, -0.15) is 10.1 Å². The highest BCUT2D eigenvalue weighted by Crippen LogP contribution is 2.22. The average molecular weight is 347 g/mol. The summed E-state index contributed by atoms with van der Waals surface area (Å²) in [6.45, 7) is 4.09. The molecule has 1 aliphatic heterocycles. The molecule has 0 aliphatic carbocycles. The Hall–Kier alpha value is -2.55. The van der Waals surface area contributed by atoms with E-state index in [-0.39, 0.29) is 18.4 Å². The van der Waals surface area contributed by atoms with Gasteiger partial charge in [0.15, 0.2) is 0 Å². The normalized spacial score (nSPS) is 20.4. The van der Waals surface area contributed by atoms with E-state index < -0.39 is 12.0 Å². The third kappa shape index (κ3) is 3.19. The second-order valence-electron chi connectivity index (χ2n) is 6.23. The van der Waals surface area contributed by atoms with E-state index in [1.54, 1.807) is 4.52 Å². The molecule has 3 heterocycles. The fourth-order valence-corrected chi connectivity index (χ4v) is 3.37. The molecule has 9 heteroatoms. The number of carbonyl (C=O) groups excluding carboxylic acids is 1. The molecule has 1 aliphatic rings. The van der Waals surface area contributed by atoms with Gasteiger partial charge in [0, 0.05) is 37.9 Å². The maximum Gasteiger partial charge on any atom is 0.326 e. The number of aromatic nitrogens is 4. The lowest BCUT2D eigenvalue weighted by Gasteiger charge is -2.21. The highest BCUT2D eigenvalue weighted by Gasteiger charge is 2.39. The second-order valence-corrected chi connectivity index (χ2v) is 6.23. The number of carboxylic acid groups (broad SMARTS) is 1. The lowest BCUT2D eigenvalue weighted by Crippen LogP contribution is -2.40. The Kier molecular flexibility index (Phi) is 4.67. The Bertz CT molecular complexity index is 818. The molecule has 25 heavy (non-hydrogen) atoms. The van der Waals surface area contributed by atoms with Gasteiger partial charge in [0.2, 0.25) is 5.91 Å². The maximum absolute atomic E-state index is 12.6. The third-order valence-corrected chi connectivity index (χ3v) is 4.78. The first-order valence-corrected chi connectivity index (χ1v) is 8.13. The summed E-state index contributed by atoms with van der Waals surface area (Å²) in [7, 11) is 1.53. The standard InChI is InChI=1S/C16H21N5O4/c1-9-12(10(2)21-16(19-9)17-8-18-21)4-5-14(22)20-7-11(25-3)6-13(20)15(23)24/h8,11,13H,4-7H2,1-3H3,(H,23,24). The fourth-order valence-electron chi connectivity index (χ4n) is 3.37. The molecule has 2 aromatic heterocycles. The van der Waals surface area contributed by atoms with E-state index >= 15 is 0 Å². The summed E-state index contributed by atoms with van der Waals surface area (Å²) in [5, 5.41) is 13.5. The minimum Gasteiger partial charge on any atom is -0.480 e. The number of aliphatic carboxylic acids is 1. The topological polar surface area (TPSA) is 110 Å². The number of carbonyl (C=O) groups is 2. The number of carboxylic acids is 1. The van der Waals surface area contributed by atoms with E-state index in [0.717, 1.165) is 17.0 Å². The van der Waals surface area contributed by atoms with E-state index in [2.05, 4.69) is 15.1 Å². The summed E-state index contributed by atoms with van der Waals surface area (Å²) < 4.78 is 6.87. The van der Waals surface area contributed by atoms with Gasteiger partial charge in [0.05, 0.1) is 6.10 Å². The Morgan fingerprint density at radius 3 is 2.84 bits per heavy atom. The second kappa shape index (κ2) is 6.75. The number of ether oxygens (including phenoxy) is 1. The number of amides is 1. The zero-order chi connectivity index (χ0) is 18.1. The van der Waals surface area contributed by atoms with Crippen molar-refractivity contribution in [1.29, 1.82) is 0 Å². The van der Waals surface area contributed by atoms with Crippen molar-refractivity contribution in [2.45, 2.75) is 45.3 Å². The van der Waals surface area contributed by atoms with Gasteiger partial charge in [0.1, 0.15) is 12.4 Å². The molecule has 1 N–H and O–H groups in total. The van der Waals surface area contributed by atoms with Crippen molar-refractivity contribution in [2.24, 2.45) is 0 Å². The number of aryl methyl sites for hydroxylation is 2. The van der Waals surface area contributed by atoms with Gasteiger partial charge < -0.3 is 14.7 Å². The van der Waals surface area contributed by atoms with Crippen molar-refractivity contribution in [1.82, 2.24) is 24.5 Å². The SMILES string of the molecule is COC1CC(C(=O)O)N(C(=O)CCc2c(C)nc3ncnn3c2C)C1. The summed E-state index contributed by atoms with van der Waals surface area (Å²) in [6, 6.07) is -0.824. The molecule has 2 atom stereocenters. The summed E-state index contributed by atoms with van der Waals surface area (Å²) in [5.41, 5.74) is 2.62. The zero-order valence-corrected chi connectivity index (χ0v) is 14.5. The molecule has 1 saturated heterocycles. The molecule has 1 amide bonds. The maximum atomic E-state index is 12.6. The van der Waals surface area contributed by atoms with Crippen LogP contribution in [0, 0.1) is 13.8 Å². The Morgan fingerprint density at radius 1 is 1.40 bits per heavy atom. The zero-order valence-electron chi connectivity index (χ0n) is 14.5. The lowest BCUT2D eigenvalue weighted by atomic mass is 10.1. The van der Waals surface area contributed by atoms with Crippen molar-refractivity contribution < 1.29 is 19.4 Å². The predicted octanol–water partition coefficient (Wildman–Crippen LogP) is 0.374. The first-order chi connectivity index (χ1) is 11.9. The van der Waals surface area contributed by atoms with Gasteiger partial charge in [-0.25, -0.2) is 14.3 Å². The van der Waals surface area contributed by atoms with Crippen molar-refractivity contribution in [3.8, 4) is 0 Å². The molecule has 0 spiro atoms. The summed E-state index contributed by atoms with van der Waals surface area (Å²) >= 11 is 0. The number of fused-ring (bicyclic) bond motifs is 1. The molecule has 1 fully saturated rings. The molecular formula is C16H21N5O4. The lowest BCUT2D eigenvalue weighted by molar-refractivity contribution is -0.148. The van der Waals surface area contributed by atoms with Crippen LogP contribution in [0.4, 0.5) is 0 Å². The molecule has 2 unspecified atom stereocenters. The monoisotopic (exact) mass is 347 g/mol. The minimum absolute atomic E-state index is 0.190. The number of hydrogen-bond donors (Lipinski definition) is 1. The molecule has 134 valence electrons. The van der Waals surface area contributed by atoms with E-state index in [9.17, 15) is 14.7 Å². The van der Waals surface area contributed by atoms with E-state index in [0.29, 0.717) is 25.2 Å². The smallest absolute Gasteiger partial charge is 0.326 e. The molecule has 0 saturated carbocycles. The van der Waals surface area contributed by atoms with Crippen molar-refractivity contribution in [3.05, 3.63) is 23.3 Å². The van der Waals surface area contributed by atoms with E-state index in [1.165, 1.54) is 18.3 Å². The van der Waals surface area contributed by atoms with Crippen molar-refractivity contribution in [3.63, 3.8) is 0 Å². The molecule has 3 rings (SSSR count). The largest absolute Gasteiger partial charge is 0.480 e. The molecule has 0 aromatic carbocycles. The number of methoxy groups -OCH3 is 1. The van der Waals surface area contributed by atoms with Crippen molar-refractivity contribution >= 4 is 17.7 Å². The van der Waals surface area contributed by atoms with Gasteiger partial charge in [0.25, 0.3) is 5.78 Å². The molecule has 2 aromatic rings. The fraction of sp³-hybridized carbons (Fsp3) is 0.562. The van der Waals surface area contributed by atoms with Crippen LogP contribution >= 0.6 is 0 Å². The number of likely N-dealkylation sites (tertiary alicyclic amines) is 1. The molecular weight excluding hydrogens is 326 g/mol. The van der Waals surface area contributed by atoms with Crippen LogP contribution in [0.3, 0.4) is 0 Å². The van der Waals surface area contributed by atoms with Crippen LogP contribution in [-0.2, 0) is 20.7 Å². The summed E-state index contributed by atoms with van der Waals surface area (Å²) in [4.78, 5) is 33.9. The Balaban J connectivity index is 1.75. The molecule has 0 bridgehead atoms. The van der Waals surface area contributed by atoms with E-state index in [4.69, 9.17) is 4.74 Å². The first-order valence-electron chi connectivity index (χ1n) is 8.13. The van der Waals surface area contributed by atoms with E-state index in [1.807, 2.05) is 13.8 Å². The highest BCUT2D eigenvalue weighted by molar-refractivity contribution is 5.84. The number of rotatable bonds is 5. The van der Waals surface area contributed by atoms with Gasteiger partial charge >= 0.3 is 5.97 Å². The predicted molar refractivity (Wildman–Crippen MR) is 87.1 cm³/mol. The van der Waals surface area contributed by atoms with Gasteiger partial charge in [-0.1, -0.05) is 0 Å². The van der Waals surface area contributed by atoms with Gasteiger partial charge in [-0.3, -0.25) is 4.79 Å². The number of hydrogen-bond acceptors (Lipinski definition) is 6. The third-order valence-electron chi connectivity index (χ3n) is 4.78. The van der Waals surface area contributed by atoms with Crippen LogP contribution in [0.1, 0.15) is 29.8 Å². The molecule has 0 radical (unpaired) electrons. The van der Waals surface area contributed by atoms with Crippen LogP contribution in [-0.4, -0.2) is 67.3 Å². The number of nitrogens with zero attached hydrogens (tertiary/aromatic N) is 5. The molecule has 9 nitrogen and oxygen atoms in total. The average Bonchev–Trinajstić information content (AvgIpc) is 3.20. The van der Waals surface area contributed by atoms with Crippen LogP contribution in [0.15, 0.2) is 6.33 Å². The minimum atomic E-state index is -0.994. The highest BCUT2D eigenvalue weighted by atomic mass is 16.5. The Morgan fingerprint density at radius 2 is 2.16 bits per heavy atom. The quantitative estimate of drug-likeness (QED) is 0.832. The van der Waals surface area contributed by atoms with Crippen LogP contribution in [0.2, 0.25) is 0 Å².